The first-order valence-corrected chi connectivity index (χ1v) is 4.46. The molecule has 1 aromatic rings. The summed E-state index contributed by atoms with van der Waals surface area (Å²) in [5.41, 5.74) is 0. The Morgan fingerprint density at radius 3 is 3.17 bits per heavy atom. The summed E-state index contributed by atoms with van der Waals surface area (Å²) in [6.45, 7) is 6.98. The Balaban J connectivity index is 2.38. The lowest BCUT2D eigenvalue weighted by Gasteiger charge is -2.11. The van der Waals surface area contributed by atoms with E-state index in [9.17, 15) is 0 Å². The van der Waals surface area contributed by atoms with E-state index in [0.717, 1.165) is 19.8 Å². The maximum absolute atomic E-state index is 5.40. The Morgan fingerprint density at radius 1 is 1.58 bits per heavy atom. The fraction of sp³-hybridized carbons (Fsp3) is 0.667. The van der Waals surface area contributed by atoms with Crippen LogP contribution in [0.15, 0.2) is 12.4 Å². The molecule has 0 aromatic carbocycles. The van der Waals surface area contributed by atoms with Crippen molar-refractivity contribution in [1.29, 1.82) is 0 Å². The second kappa shape index (κ2) is 2.90. The van der Waals surface area contributed by atoms with Crippen molar-refractivity contribution in [3.63, 3.8) is 0 Å². The normalized spacial score (nSPS) is 16.6. The van der Waals surface area contributed by atoms with Gasteiger partial charge in [-0.1, -0.05) is 0 Å². The first kappa shape index (κ1) is 7.80. The molecule has 2 rings (SSSR count). The summed E-state index contributed by atoms with van der Waals surface area (Å²) in [7, 11) is 0. The van der Waals surface area contributed by atoms with Gasteiger partial charge in [0.1, 0.15) is 25.5 Å². The topological polar surface area (TPSA) is 18.0 Å². The SMILES string of the molecule is CC(C)n1cc[n+]2c1COCC2. The highest BCUT2D eigenvalue weighted by Crippen LogP contribution is 2.09. The molecule has 0 N–H and O–H groups in total. The summed E-state index contributed by atoms with van der Waals surface area (Å²) < 4.78 is 9.93. The second-order valence-electron chi connectivity index (χ2n) is 3.46. The molecular weight excluding hydrogens is 152 g/mol. The van der Waals surface area contributed by atoms with Crippen molar-refractivity contribution in [3.05, 3.63) is 18.2 Å². The molecule has 3 heteroatoms. The number of imidazole rings is 1. The maximum Gasteiger partial charge on any atom is 0.283 e. The van der Waals surface area contributed by atoms with E-state index in [1.165, 1.54) is 5.82 Å². The third kappa shape index (κ3) is 1.14. The minimum atomic E-state index is 0.531. The summed E-state index contributed by atoms with van der Waals surface area (Å²) in [5.74, 6) is 1.29. The van der Waals surface area contributed by atoms with Gasteiger partial charge in [-0.15, -0.1) is 0 Å². The molecule has 0 radical (unpaired) electrons. The van der Waals surface area contributed by atoms with E-state index in [2.05, 4.69) is 35.4 Å². The first-order chi connectivity index (χ1) is 5.79. The van der Waals surface area contributed by atoms with E-state index >= 15 is 0 Å². The summed E-state index contributed by atoms with van der Waals surface area (Å²) in [6.07, 6.45) is 4.27. The van der Waals surface area contributed by atoms with Gasteiger partial charge in [0, 0.05) is 0 Å². The highest BCUT2D eigenvalue weighted by atomic mass is 16.5. The molecule has 0 saturated carbocycles. The quantitative estimate of drug-likeness (QED) is 0.568. The van der Waals surface area contributed by atoms with Crippen LogP contribution < -0.4 is 4.57 Å². The number of aromatic nitrogens is 2. The van der Waals surface area contributed by atoms with Gasteiger partial charge in [-0.2, -0.15) is 0 Å². The molecule has 0 fully saturated rings. The van der Waals surface area contributed by atoms with Crippen molar-refractivity contribution in [2.45, 2.75) is 33.0 Å². The first-order valence-electron chi connectivity index (χ1n) is 4.46. The number of hydrogen-bond acceptors (Lipinski definition) is 1. The molecule has 0 spiro atoms. The molecule has 1 aliphatic rings. The van der Waals surface area contributed by atoms with Gasteiger partial charge < -0.3 is 4.74 Å². The Hall–Kier alpha value is -0.830. The third-order valence-electron chi connectivity index (χ3n) is 2.30. The molecule has 66 valence electrons. The van der Waals surface area contributed by atoms with Crippen LogP contribution in [0.4, 0.5) is 0 Å². The molecule has 0 atom stereocenters. The standard InChI is InChI=1S/C9H15N2O/c1-8(2)11-4-3-10-5-6-12-7-9(10)11/h3-4,8H,5-7H2,1-2H3/q+1. The van der Waals surface area contributed by atoms with E-state index in [1.807, 2.05) is 0 Å². The Kier molecular flexibility index (Phi) is 1.89. The number of nitrogens with zero attached hydrogens (tertiary/aromatic N) is 2. The predicted octanol–water partition coefficient (Wildman–Crippen LogP) is 0.887. The number of rotatable bonds is 1. The summed E-state index contributed by atoms with van der Waals surface area (Å²) in [5, 5.41) is 0. The Bertz CT molecular complexity index is 278. The molecule has 0 aliphatic carbocycles. The van der Waals surface area contributed by atoms with Crippen LogP contribution in [0.5, 0.6) is 0 Å². The molecule has 0 bridgehead atoms. The summed E-state index contributed by atoms with van der Waals surface area (Å²) in [4.78, 5) is 0. The highest BCUT2D eigenvalue weighted by Gasteiger charge is 2.22. The molecule has 1 aliphatic heterocycles. The van der Waals surface area contributed by atoms with Gasteiger partial charge in [0.15, 0.2) is 0 Å². The van der Waals surface area contributed by atoms with Crippen LogP contribution in [0.25, 0.3) is 0 Å². The number of ether oxygens (including phenoxy) is 1. The fourth-order valence-electron chi connectivity index (χ4n) is 1.63. The molecule has 0 saturated heterocycles. The van der Waals surface area contributed by atoms with Gasteiger partial charge in [-0.3, -0.25) is 0 Å². The lowest BCUT2D eigenvalue weighted by Crippen LogP contribution is -2.43. The van der Waals surface area contributed by atoms with Crippen LogP contribution in [-0.4, -0.2) is 11.2 Å². The molecular formula is C9H15N2O+. The van der Waals surface area contributed by atoms with E-state index in [1.54, 1.807) is 0 Å². The third-order valence-corrected chi connectivity index (χ3v) is 2.30. The van der Waals surface area contributed by atoms with Gasteiger partial charge in [-0.05, 0) is 13.8 Å². The second-order valence-corrected chi connectivity index (χ2v) is 3.46. The van der Waals surface area contributed by atoms with Crippen molar-refractivity contribution in [1.82, 2.24) is 4.57 Å². The predicted molar refractivity (Wildman–Crippen MR) is 44.7 cm³/mol. The fourth-order valence-corrected chi connectivity index (χ4v) is 1.63. The molecule has 0 amide bonds. The van der Waals surface area contributed by atoms with E-state index in [-0.39, 0.29) is 0 Å². The van der Waals surface area contributed by atoms with E-state index in [4.69, 9.17) is 4.74 Å². The molecule has 3 nitrogen and oxygen atoms in total. The Labute approximate surface area is 72.6 Å². The zero-order valence-corrected chi connectivity index (χ0v) is 7.66. The van der Waals surface area contributed by atoms with E-state index < -0.39 is 0 Å². The average Bonchev–Trinajstić information content (AvgIpc) is 2.47. The molecule has 12 heavy (non-hydrogen) atoms. The van der Waals surface area contributed by atoms with Crippen LogP contribution in [0.3, 0.4) is 0 Å². The summed E-state index contributed by atoms with van der Waals surface area (Å²) >= 11 is 0. The zero-order valence-electron chi connectivity index (χ0n) is 7.66. The van der Waals surface area contributed by atoms with Crippen molar-refractivity contribution in [3.8, 4) is 0 Å². The number of fused-ring (bicyclic) bond motifs is 1. The monoisotopic (exact) mass is 167 g/mol. The van der Waals surface area contributed by atoms with Gasteiger partial charge in [0.05, 0.1) is 12.6 Å². The van der Waals surface area contributed by atoms with Crippen LogP contribution in [-0.2, 0) is 17.9 Å². The molecule has 2 heterocycles. The van der Waals surface area contributed by atoms with Crippen molar-refractivity contribution >= 4 is 0 Å². The van der Waals surface area contributed by atoms with Crippen molar-refractivity contribution in [2.24, 2.45) is 0 Å². The highest BCUT2D eigenvalue weighted by molar-refractivity contribution is 4.85. The zero-order chi connectivity index (χ0) is 8.55. The van der Waals surface area contributed by atoms with Crippen LogP contribution in [0, 0.1) is 0 Å². The smallest absolute Gasteiger partial charge is 0.283 e. The maximum atomic E-state index is 5.40. The van der Waals surface area contributed by atoms with Crippen LogP contribution >= 0.6 is 0 Å². The average molecular weight is 167 g/mol. The summed E-state index contributed by atoms with van der Waals surface area (Å²) in [6, 6.07) is 0.531. The van der Waals surface area contributed by atoms with Gasteiger partial charge in [0.25, 0.3) is 5.82 Å². The molecule has 1 aromatic heterocycles. The van der Waals surface area contributed by atoms with Gasteiger partial charge >= 0.3 is 0 Å². The van der Waals surface area contributed by atoms with Crippen LogP contribution in [0.2, 0.25) is 0 Å². The minimum Gasteiger partial charge on any atom is -0.365 e. The van der Waals surface area contributed by atoms with Gasteiger partial charge in [0.2, 0.25) is 0 Å². The Morgan fingerprint density at radius 2 is 2.42 bits per heavy atom. The van der Waals surface area contributed by atoms with Crippen molar-refractivity contribution < 1.29 is 9.30 Å². The lowest BCUT2D eigenvalue weighted by molar-refractivity contribution is -0.716. The van der Waals surface area contributed by atoms with Crippen molar-refractivity contribution in [2.75, 3.05) is 6.61 Å². The molecule has 0 unspecified atom stereocenters. The largest absolute Gasteiger partial charge is 0.365 e. The van der Waals surface area contributed by atoms with Gasteiger partial charge in [-0.25, -0.2) is 9.13 Å². The minimum absolute atomic E-state index is 0.531. The van der Waals surface area contributed by atoms with E-state index in [0.29, 0.717) is 6.04 Å². The lowest BCUT2D eigenvalue weighted by atomic mass is 10.4. The van der Waals surface area contributed by atoms with Crippen LogP contribution in [0.1, 0.15) is 25.7 Å². The number of hydrogen-bond donors (Lipinski definition) is 0.